The molecule has 0 fully saturated rings. The van der Waals surface area contributed by atoms with Crippen molar-refractivity contribution in [1.82, 2.24) is 5.32 Å². The van der Waals surface area contributed by atoms with E-state index in [-0.39, 0.29) is 5.91 Å². The van der Waals surface area contributed by atoms with Crippen molar-refractivity contribution in [3.63, 3.8) is 0 Å². The van der Waals surface area contributed by atoms with Crippen LogP contribution in [0.15, 0.2) is 54.6 Å². The molecule has 0 radical (unpaired) electrons. The van der Waals surface area contributed by atoms with Gasteiger partial charge in [0.1, 0.15) is 0 Å². The van der Waals surface area contributed by atoms with Gasteiger partial charge in [0.2, 0.25) is 0 Å². The first-order valence-corrected chi connectivity index (χ1v) is 8.73. The van der Waals surface area contributed by atoms with E-state index in [4.69, 9.17) is 0 Å². The van der Waals surface area contributed by atoms with E-state index >= 15 is 0 Å². The molecule has 1 N–H and O–H groups in total. The minimum absolute atomic E-state index is 0.161. The number of amides is 1. The van der Waals surface area contributed by atoms with E-state index in [1.54, 1.807) is 12.1 Å². The molecule has 0 aliphatic heterocycles. The summed E-state index contributed by atoms with van der Waals surface area (Å²) in [7, 11) is 0. The zero-order valence-corrected chi connectivity index (χ0v) is 14.5. The van der Waals surface area contributed by atoms with E-state index in [0.29, 0.717) is 17.0 Å². The molecule has 0 aliphatic carbocycles. The smallest absolute Gasteiger partial charge is 0.261 e. The standard InChI is InChI=1S/C20H17F2NOS/c1-13-2-4-14(5-3-13)10-11-23-20(24)19-9-8-18(25-19)15-6-7-16(21)17(22)12-15/h2-9,12H,10-11H2,1H3,(H,23,24). The number of carbonyl (C=O) groups excluding carboxylic acids is 1. The largest absolute Gasteiger partial charge is 0.351 e. The molecule has 1 heterocycles. The third kappa shape index (κ3) is 4.31. The zero-order valence-electron chi connectivity index (χ0n) is 13.7. The lowest BCUT2D eigenvalue weighted by atomic mass is 10.1. The van der Waals surface area contributed by atoms with Crippen LogP contribution in [-0.4, -0.2) is 12.5 Å². The lowest BCUT2D eigenvalue weighted by Crippen LogP contribution is -2.24. The molecule has 2 nitrogen and oxygen atoms in total. The van der Waals surface area contributed by atoms with Crippen LogP contribution in [0.3, 0.4) is 0 Å². The van der Waals surface area contributed by atoms with Crippen molar-refractivity contribution in [2.45, 2.75) is 13.3 Å². The van der Waals surface area contributed by atoms with E-state index in [9.17, 15) is 13.6 Å². The minimum atomic E-state index is -0.894. The van der Waals surface area contributed by atoms with Gasteiger partial charge in [0.15, 0.2) is 11.6 Å². The number of hydrogen-bond acceptors (Lipinski definition) is 2. The zero-order chi connectivity index (χ0) is 17.8. The quantitative estimate of drug-likeness (QED) is 0.686. The SMILES string of the molecule is Cc1ccc(CCNC(=O)c2ccc(-c3ccc(F)c(F)c3)s2)cc1. The number of carbonyl (C=O) groups is 1. The summed E-state index contributed by atoms with van der Waals surface area (Å²) in [6, 6.07) is 15.4. The molecule has 3 rings (SSSR count). The van der Waals surface area contributed by atoms with Crippen molar-refractivity contribution in [2.75, 3.05) is 6.54 Å². The second-order valence-electron chi connectivity index (χ2n) is 5.78. The molecule has 0 saturated heterocycles. The molecule has 25 heavy (non-hydrogen) atoms. The van der Waals surface area contributed by atoms with Gasteiger partial charge in [0.05, 0.1) is 4.88 Å². The van der Waals surface area contributed by atoms with Gasteiger partial charge in [0.25, 0.3) is 5.91 Å². The average Bonchev–Trinajstić information content (AvgIpc) is 3.09. The molecular weight excluding hydrogens is 340 g/mol. The topological polar surface area (TPSA) is 29.1 Å². The molecule has 0 unspecified atom stereocenters. The van der Waals surface area contributed by atoms with Gasteiger partial charge in [-0.05, 0) is 48.7 Å². The van der Waals surface area contributed by atoms with Crippen LogP contribution in [-0.2, 0) is 6.42 Å². The van der Waals surface area contributed by atoms with Gasteiger partial charge in [-0.1, -0.05) is 35.9 Å². The average molecular weight is 357 g/mol. The first kappa shape index (κ1) is 17.3. The highest BCUT2D eigenvalue weighted by Crippen LogP contribution is 2.29. The monoisotopic (exact) mass is 357 g/mol. The third-order valence-electron chi connectivity index (χ3n) is 3.85. The summed E-state index contributed by atoms with van der Waals surface area (Å²) in [4.78, 5) is 13.5. The number of aryl methyl sites for hydroxylation is 1. The predicted octanol–water partition coefficient (Wildman–Crippen LogP) is 4.97. The fourth-order valence-electron chi connectivity index (χ4n) is 2.43. The second kappa shape index (κ2) is 7.57. The van der Waals surface area contributed by atoms with Gasteiger partial charge in [-0.2, -0.15) is 0 Å². The van der Waals surface area contributed by atoms with Gasteiger partial charge in [-0.25, -0.2) is 8.78 Å². The van der Waals surface area contributed by atoms with Gasteiger partial charge in [-0.15, -0.1) is 11.3 Å². The number of halogens is 2. The van der Waals surface area contributed by atoms with Gasteiger partial charge < -0.3 is 5.32 Å². The highest BCUT2D eigenvalue weighted by atomic mass is 32.1. The van der Waals surface area contributed by atoms with Crippen molar-refractivity contribution in [3.05, 3.63) is 82.2 Å². The fraction of sp³-hybridized carbons (Fsp3) is 0.150. The summed E-state index contributed by atoms with van der Waals surface area (Å²) in [6.45, 7) is 2.58. The van der Waals surface area contributed by atoms with Crippen molar-refractivity contribution in [1.29, 1.82) is 0 Å². The maximum atomic E-state index is 13.3. The van der Waals surface area contributed by atoms with Crippen LogP contribution in [0.1, 0.15) is 20.8 Å². The number of benzene rings is 2. The molecule has 128 valence electrons. The van der Waals surface area contributed by atoms with Crippen LogP contribution < -0.4 is 5.32 Å². The number of rotatable bonds is 5. The van der Waals surface area contributed by atoms with Crippen molar-refractivity contribution in [2.24, 2.45) is 0 Å². The molecule has 3 aromatic rings. The summed E-state index contributed by atoms with van der Waals surface area (Å²) in [5.74, 6) is -1.93. The molecule has 0 atom stereocenters. The molecule has 0 saturated carbocycles. The first-order chi connectivity index (χ1) is 12.0. The molecule has 1 amide bonds. The van der Waals surface area contributed by atoms with E-state index in [1.165, 1.54) is 28.5 Å². The Balaban J connectivity index is 1.60. The molecule has 0 bridgehead atoms. The lowest BCUT2D eigenvalue weighted by molar-refractivity contribution is 0.0958. The lowest BCUT2D eigenvalue weighted by Gasteiger charge is -2.04. The third-order valence-corrected chi connectivity index (χ3v) is 4.99. The highest BCUT2D eigenvalue weighted by molar-refractivity contribution is 7.17. The van der Waals surface area contributed by atoms with Crippen molar-refractivity contribution < 1.29 is 13.6 Å². The summed E-state index contributed by atoms with van der Waals surface area (Å²) < 4.78 is 26.3. The Morgan fingerprint density at radius 1 is 1.00 bits per heavy atom. The van der Waals surface area contributed by atoms with E-state index in [0.717, 1.165) is 23.4 Å². The minimum Gasteiger partial charge on any atom is -0.351 e. The van der Waals surface area contributed by atoms with Crippen LogP contribution >= 0.6 is 11.3 Å². The molecule has 5 heteroatoms. The number of hydrogen-bond donors (Lipinski definition) is 1. The van der Waals surface area contributed by atoms with E-state index in [2.05, 4.69) is 5.32 Å². The maximum Gasteiger partial charge on any atom is 0.261 e. The number of thiophene rings is 1. The van der Waals surface area contributed by atoms with Crippen molar-refractivity contribution >= 4 is 17.2 Å². The maximum absolute atomic E-state index is 13.3. The van der Waals surface area contributed by atoms with Gasteiger partial charge in [0, 0.05) is 11.4 Å². The van der Waals surface area contributed by atoms with Crippen LogP contribution in [0.2, 0.25) is 0 Å². The Kier molecular flexibility index (Phi) is 5.24. The molecular formula is C20H17F2NOS. The fourth-order valence-corrected chi connectivity index (χ4v) is 3.35. The van der Waals surface area contributed by atoms with Gasteiger partial charge >= 0.3 is 0 Å². The number of nitrogens with one attached hydrogen (secondary N) is 1. The van der Waals surface area contributed by atoms with Gasteiger partial charge in [-0.3, -0.25) is 4.79 Å². The van der Waals surface area contributed by atoms with Crippen LogP contribution in [0.5, 0.6) is 0 Å². The summed E-state index contributed by atoms with van der Waals surface area (Å²) in [5, 5.41) is 2.88. The molecule has 1 aromatic heterocycles. The van der Waals surface area contributed by atoms with E-state index in [1.807, 2.05) is 31.2 Å². The van der Waals surface area contributed by atoms with Crippen molar-refractivity contribution in [3.8, 4) is 10.4 Å². The Bertz CT molecular complexity index is 887. The Labute approximate surface area is 149 Å². The van der Waals surface area contributed by atoms with Crippen LogP contribution in [0.4, 0.5) is 8.78 Å². The Hall–Kier alpha value is -2.53. The summed E-state index contributed by atoms with van der Waals surface area (Å²) >= 11 is 1.26. The Morgan fingerprint density at radius 3 is 2.48 bits per heavy atom. The van der Waals surface area contributed by atoms with E-state index < -0.39 is 11.6 Å². The Morgan fingerprint density at radius 2 is 1.76 bits per heavy atom. The summed E-state index contributed by atoms with van der Waals surface area (Å²) in [5.41, 5.74) is 2.93. The van der Waals surface area contributed by atoms with Crippen LogP contribution in [0.25, 0.3) is 10.4 Å². The highest BCUT2D eigenvalue weighted by Gasteiger charge is 2.11. The normalized spacial score (nSPS) is 10.7. The first-order valence-electron chi connectivity index (χ1n) is 7.92. The summed E-state index contributed by atoms with van der Waals surface area (Å²) in [6.07, 6.45) is 0.757. The second-order valence-corrected chi connectivity index (χ2v) is 6.87. The molecule has 2 aromatic carbocycles. The predicted molar refractivity (Wildman–Crippen MR) is 96.9 cm³/mol. The molecule has 0 spiro atoms. The van der Waals surface area contributed by atoms with Crippen LogP contribution in [0, 0.1) is 18.6 Å². The molecule has 0 aliphatic rings.